The standard InChI is InChI=1S/C8H17NO/c1-7-4-8(2,10)6-9(3)5-7/h7,10H,4-6H2,1-3H3. The van der Waals surface area contributed by atoms with Crippen LogP contribution in [-0.2, 0) is 0 Å². The molecule has 1 saturated heterocycles. The Kier molecular flexibility index (Phi) is 2.02. The lowest BCUT2D eigenvalue weighted by atomic mass is 9.88. The van der Waals surface area contributed by atoms with E-state index in [4.69, 9.17) is 0 Å². The first kappa shape index (κ1) is 8.02. The molecule has 2 nitrogen and oxygen atoms in total. The summed E-state index contributed by atoms with van der Waals surface area (Å²) >= 11 is 0. The maximum Gasteiger partial charge on any atom is 0.0749 e. The quantitative estimate of drug-likeness (QED) is 0.540. The lowest BCUT2D eigenvalue weighted by Gasteiger charge is -2.38. The van der Waals surface area contributed by atoms with E-state index in [0.29, 0.717) is 5.92 Å². The lowest BCUT2D eigenvalue weighted by Crippen LogP contribution is -2.47. The van der Waals surface area contributed by atoms with Gasteiger partial charge in [-0.2, -0.15) is 0 Å². The van der Waals surface area contributed by atoms with Crippen LogP contribution in [0.1, 0.15) is 20.3 Å². The molecule has 1 N–H and O–H groups in total. The number of piperidine rings is 1. The first-order chi connectivity index (χ1) is 4.49. The summed E-state index contributed by atoms with van der Waals surface area (Å²) in [6.07, 6.45) is 0.942. The van der Waals surface area contributed by atoms with Crippen LogP contribution in [-0.4, -0.2) is 35.7 Å². The topological polar surface area (TPSA) is 23.5 Å². The monoisotopic (exact) mass is 143 g/mol. The maximum atomic E-state index is 9.67. The highest BCUT2D eigenvalue weighted by Gasteiger charge is 2.30. The van der Waals surface area contributed by atoms with Gasteiger partial charge in [0.15, 0.2) is 0 Å². The third-order valence-corrected chi connectivity index (χ3v) is 2.02. The minimum Gasteiger partial charge on any atom is -0.389 e. The Morgan fingerprint density at radius 3 is 2.60 bits per heavy atom. The first-order valence-electron chi connectivity index (χ1n) is 3.90. The normalized spacial score (nSPS) is 43.8. The predicted octanol–water partition coefficient (Wildman–Crippen LogP) is 0.709. The highest BCUT2D eigenvalue weighted by Crippen LogP contribution is 2.23. The summed E-state index contributed by atoms with van der Waals surface area (Å²) in [4.78, 5) is 2.19. The van der Waals surface area contributed by atoms with Crippen molar-refractivity contribution < 1.29 is 5.11 Å². The second kappa shape index (κ2) is 2.51. The largest absolute Gasteiger partial charge is 0.389 e. The zero-order valence-corrected chi connectivity index (χ0v) is 7.09. The van der Waals surface area contributed by atoms with Crippen LogP contribution in [0.25, 0.3) is 0 Å². The molecular formula is C8H17NO. The van der Waals surface area contributed by atoms with Crippen LogP contribution in [0.4, 0.5) is 0 Å². The van der Waals surface area contributed by atoms with Crippen LogP contribution in [0.5, 0.6) is 0 Å². The Morgan fingerprint density at radius 2 is 2.20 bits per heavy atom. The van der Waals surface area contributed by atoms with Crippen LogP contribution < -0.4 is 0 Å². The van der Waals surface area contributed by atoms with Gasteiger partial charge in [-0.15, -0.1) is 0 Å². The van der Waals surface area contributed by atoms with Crippen LogP contribution in [0.3, 0.4) is 0 Å². The van der Waals surface area contributed by atoms with Gasteiger partial charge in [-0.25, -0.2) is 0 Å². The number of hydrogen-bond donors (Lipinski definition) is 1. The average molecular weight is 143 g/mol. The molecule has 10 heavy (non-hydrogen) atoms. The smallest absolute Gasteiger partial charge is 0.0749 e. The molecule has 0 aromatic carbocycles. The Morgan fingerprint density at radius 1 is 1.60 bits per heavy atom. The van der Waals surface area contributed by atoms with E-state index < -0.39 is 5.60 Å². The molecule has 1 aliphatic rings. The molecule has 0 spiro atoms. The van der Waals surface area contributed by atoms with Gasteiger partial charge in [-0.3, -0.25) is 0 Å². The maximum absolute atomic E-state index is 9.67. The van der Waals surface area contributed by atoms with Crippen LogP contribution >= 0.6 is 0 Å². The van der Waals surface area contributed by atoms with Crippen molar-refractivity contribution in [2.45, 2.75) is 25.9 Å². The van der Waals surface area contributed by atoms with Crippen LogP contribution in [0, 0.1) is 5.92 Å². The molecule has 1 aliphatic heterocycles. The van der Waals surface area contributed by atoms with Crippen molar-refractivity contribution in [3.05, 3.63) is 0 Å². The molecule has 0 aliphatic carbocycles. The highest BCUT2D eigenvalue weighted by molar-refractivity contribution is 4.84. The van der Waals surface area contributed by atoms with Crippen LogP contribution in [0.2, 0.25) is 0 Å². The number of rotatable bonds is 0. The van der Waals surface area contributed by atoms with Gasteiger partial charge in [0.25, 0.3) is 0 Å². The minimum atomic E-state index is -0.452. The molecule has 0 bridgehead atoms. The second-order valence-electron chi connectivity index (χ2n) is 4.00. The summed E-state index contributed by atoms with van der Waals surface area (Å²) in [6, 6.07) is 0. The number of likely N-dealkylation sites (N-methyl/N-ethyl adjacent to an activating group) is 1. The molecule has 1 rings (SSSR count). The van der Waals surface area contributed by atoms with E-state index in [-0.39, 0.29) is 0 Å². The second-order valence-corrected chi connectivity index (χ2v) is 4.00. The third kappa shape index (κ3) is 1.96. The van der Waals surface area contributed by atoms with Crippen molar-refractivity contribution in [1.82, 2.24) is 4.90 Å². The average Bonchev–Trinajstić information content (AvgIpc) is 1.54. The van der Waals surface area contributed by atoms with Crippen molar-refractivity contribution >= 4 is 0 Å². The first-order valence-corrected chi connectivity index (χ1v) is 3.90. The fourth-order valence-corrected chi connectivity index (χ4v) is 2.06. The molecule has 60 valence electrons. The molecule has 0 amide bonds. The van der Waals surface area contributed by atoms with Crippen molar-refractivity contribution in [3.8, 4) is 0 Å². The fraction of sp³-hybridized carbons (Fsp3) is 1.00. The van der Waals surface area contributed by atoms with Gasteiger partial charge in [0, 0.05) is 13.1 Å². The SMILES string of the molecule is CC1CN(C)CC(C)(O)C1. The Balaban J connectivity index is 2.51. The molecule has 1 heterocycles. The Bertz CT molecular complexity index is 110. The van der Waals surface area contributed by atoms with E-state index in [1.165, 1.54) is 0 Å². The van der Waals surface area contributed by atoms with E-state index in [0.717, 1.165) is 19.5 Å². The van der Waals surface area contributed by atoms with Crippen molar-refractivity contribution in [1.29, 1.82) is 0 Å². The van der Waals surface area contributed by atoms with Crippen molar-refractivity contribution in [3.63, 3.8) is 0 Å². The summed E-state index contributed by atoms with van der Waals surface area (Å²) in [5.74, 6) is 0.633. The molecule has 2 unspecified atom stereocenters. The molecule has 0 aromatic heterocycles. The molecule has 1 fully saturated rings. The molecule has 2 heteroatoms. The van der Waals surface area contributed by atoms with Crippen molar-refractivity contribution in [2.24, 2.45) is 5.92 Å². The van der Waals surface area contributed by atoms with E-state index in [2.05, 4.69) is 18.9 Å². The zero-order valence-electron chi connectivity index (χ0n) is 7.09. The lowest BCUT2D eigenvalue weighted by molar-refractivity contribution is -0.0268. The van der Waals surface area contributed by atoms with Gasteiger partial charge < -0.3 is 10.0 Å². The summed E-state index contributed by atoms with van der Waals surface area (Å²) in [6.45, 7) is 6.04. The number of hydrogen-bond acceptors (Lipinski definition) is 2. The minimum absolute atomic E-state index is 0.452. The van der Waals surface area contributed by atoms with E-state index >= 15 is 0 Å². The number of aliphatic hydroxyl groups is 1. The van der Waals surface area contributed by atoms with Gasteiger partial charge in [0.05, 0.1) is 5.60 Å². The number of likely N-dealkylation sites (tertiary alicyclic amines) is 1. The molecule has 0 saturated carbocycles. The zero-order chi connectivity index (χ0) is 7.78. The van der Waals surface area contributed by atoms with E-state index in [9.17, 15) is 5.11 Å². The predicted molar refractivity (Wildman–Crippen MR) is 41.9 cm³/mol. The van der Waals surface area contributed by atoms with Gasteiger partial charge in [-0.1, -0.05) is 6.92 Å². The van der Waals surface area contributed by atoms with E-state index in [1.807, 2.05) is 6.92 Å². The summed E-state index contributed by atoms with van der Waals surface area (Å²) in [7, 11) is 2.06. The number of nitrogens with zero attached hydrogens (tertiary/aromatic N) is 1. The molecule has 2 atom stereocenters. The summed E-state index contributed by atoms with van der Waals surface area (Å²) < 4.78 is 0. The number of β-amino-alcohol motifs (C(OH)–C–C–N with tert-alkyl or cyclic N) is 1. The summed E-state index contributed by atoms with van der Waals surface area (Å²) in [5, 5.41) is 9.67. The van der Waals surface area contributed by atoms with E-state index in [1.54, 1.807) is 0 Å². The fourth-order valence-electron chi connectivity index (χ4n) is 2.06. The van der Waals surface area contributed by atoms with Gasteiger partial charge >= 0.3 is 0 Å². The molecule has 0 radical (unpaired) electrons. The van der Waals surface area contributed by atoms with Crippen molar-refractivity contribution in [2.75, 3.05) is 20.1 Å². The third-order valence-electron chi connectivity index (χ3n) is 2.02. The van der Waals surface area contributed by atoms with Gasteiger partial charge in [-0.05, 0) is 26.3 Å². The van der Waals surface area contributed by atoms with Gasteiger partial charge in [0.2, 0.25) is 0 Å². The van der Waals surface area contributed by atoms with Gasteiger partial charge in [0.1, 0.15) is 0 Å². The van der Waals surface area contributed by atoms with Crippen LogP contribution in [0.15, 0.2) is 0 Å². The Labute approximate surface area is 62.8 Å². The Hall–Kier alpha value is -0.0800. The highest BCUT2D eigenvalue weighted by atomic mass is 16.3. The molecule has 0 aromatic rings. The summed E-state index contributed by atoms with van der Waals surface area (Å²) in [5.41, 5.74) is -0.452. The molecular weight excluding hydrogens is 126 g/mol.